The average Bonchev–Trinajstić information content (AvgIpc) is 2.59. The van der Waals surface area contributed by atoms with E-state index in [1.807, 2.05) is 26.0 Å². The van der Waals surface area contributed by atoms with Crippen molar-refractivity contribution in [2.45, 2.75) is 13.8 Å². The summed E-state index contributed by atoms with van der Waals surface area (Å²) in [5.74, 6) is 0.235. The molecule has 0 heterocycles. The van der Waals surface area contributed by atoms with E-state index in [4.69, 9.17) is 9.47 Å². The predicted octanol–water partition coefficient (Wildman–Crippen LogP) is 3.76. The lowest BCUT2D eigenvalue weighted by Crippen LogP contribution is -2.43. The molecule has 8 heteroatoms. The van der Waals surface area contributed by atoms with Gasteiger partial charge in [-0.05, 0) is 65.7 Å². The van der Waals surface area contributed by atoms with Gasteiger partial charge in [0.2, 0.25) is 0 Å². The van der Waals surface area contributed by atoms with Crippen molar-refractivity contribution in [2.24, 2.45) is 0 Å². The Morgan fingerprint density at radius 1 is 1.08 bits per heavy atom. The fourth-order valence-corrected chi connectivity index (χ4v) is 3.69. The van der Waals surface area contributed by atoms with Crippen LogP contribution < -0.4 is 20.3 Å². The number of hydrazine groups is 1. The van der Waals surface area contributed by atoms with Crippen molar-refractivity contribution < 1.29 is 19.1 Å². The number of nitrogens with one attached hydrogen (secondary N) is 2. The van der Waals surface area contributed by atoms with Crippen LogP contribution in [0.25, 0.3) is 0 Å². The molecule has 0 aromatic heterocycles. The summed E-state index contributed by atoms with van der Waals surface area (Å²) in [7, 11) is 0. The zero-order valence-corrected chi connectivity index (χ0v) is 17.4. The van der Waals surface area contributed by atoms with Crippen molar-refractivity contribution >= 4 is 43.7 Å². The van der Waals surface area contributed by atoms with Crippen LogP contribution in [0.15, 0.2) is 45.3 Å². The van der Waals surface area contributed by atoms with Crippen LogP contribution in [-0.2, 0) is 4.79 Å². The number of amides is 2. The van der Waals surface area contributed by atoms with Crippen molar-refractivity contribution in [1.82, 2.24) is 10.9 Å². The average molecular weight is 486 g/mol. The first kappa shape index (κ1) is 20.3. The number of ether oxygens (including phenoxy) is 2. The van der Waals surface area contributed by atoms with E-state index in [0.717, 1.165) is 14.5 Å². The SMILES string of the molecule is CCOc1cccc(C(=O)NNC(=O)COc2c(C)cc(Br)cc2Br)c1. The summed E-state index contributed by atoms with van der Waals surface area (Å²) >= 11 is 6.78. The number of rotatable bonds is 6. The smallest absolute Gasteiger partial charge is 0.276 e. The van der Waals surface area contributed by atoms with Gasteiger partial charge >= 0.3 is 0 Å². The molecule has 2 aromatic rings. The van der Waals surface area contributed by atoms with Crippen molar-refractivity contribution in [3.05, 3.63) is 56.5 Å². The fourth-order valence-electron chi connectivity index (χ4n) is 2.14. The molecule has 0 saturated heterocycles. The van der Waals surface area contributed by atoms with Gasteiger partial charge in [-0.15, -0.1) is 0 Å². The molecule has 26 heavy (non-hydrogen) atoms. The van der Waals surface area contributed by atoms with Gasteiger partial charge in [-0.2, -0.15) is 0 Å². The standard InChI is InChI=1S/C18H18Br2N2O4/c1-3-25-14-6-4-5-12(8-14)18(24)22-21-16(23)10-26-17-11(2)7-13(19)9-15(17)20/h4-9H,3,10H2,1-2H3,(H,21,23)(H,22,24). The molecule has 0 aliphatic rings. The highest BCUT2D eigenvalue weighted by atomic mass is 79.9. The van der Waals surface area contributed by atoms with E-state index in [9.17, 15) is 9.59 Å². The zero-order chi connectivity index (χ0) is 19.1. The van der Waals surface area contributed by atoms with Gasteiger partial charge in [0.25, 0.3) is 11.8 Å². The minimum absolute atomic E-state index is 0.236. The van der Waals surface area contributed by atoms with Gasteiger partial charge in [-0.25, -0.2) is 0 Å². The quantitative estimate of drug-likeness (QED) is 0.611. The molecule has 0 fully saturated rings. The lowest BCUT2D eigenvalue weighted by molar-refractivity contribution is -0.123. The van der Waals surface area contributed by atoms with Crippen LogP contribution in [0.4, 0.5) is 0 Å². The van der Waals surface area contributed by atoms with Crippen LogP contribution in [-0.4, -0.2) is 25.0 Å². The van der Waals surface area contributed by atoms with E-state index in [-0.39, 0.29) is 6.61 Å². The van der Waals surface area contributed by atoms with Crippen LogP contribution in [0, 0.1) is 6.92 Å². The first-order valence-electron chi connectivity index (χ1n) is 7.81. The van der Waals surface area contributed by atoms with Gasteiger partial charge in [-0.1, -0.05) is 22.0 Å². The molecule has 0 bridgehead atoms. The van der Waals surface area contributed by atoms with E-state index < -0.39 is 11.8 Å². The maximum absolute atomic E-state index is 12.1. The largest absolute Gasteiger partial charge is 0.494 e. The minimum Gasteiger partial charge on any atom is -0.494 e. The normalized spacial score (nSPS) is 10.2. The summed E-state index contributed by atoms with van der Waals surface area (Å²) in [4.78, 5) is 24.0. The molecule has 2 N–H and O–H groups in total. The lowest BCUT2D eigenvalue weighted by atomic mass is 10.2. The van der Waals surface area contributed by atoms with Crippen molar-refractivity contribution in [3.8, 4) is 11.5 Å². The molecule has 2 aromatic carbocycles. The first-order valence-corrected chi connectivity index (χ1v) is 9.39. The third-order valence-electron chi connectivity index (χ3n) is 3.26. The van der Waals surface area contributed by atoms with Gasteiger partial charge in [-0.3, -0.25) is 20.4 Å². The maximum atomic E-state index is 12.1. The second-order valence-corrected chi connectivity index (χ2v) is 7.06. The zero-order valence-electron chi connectivity index (χ0n) is 14.3. The van der Waals surface area contributed by atoms with Crippen LogP contribution in [0.2, 0.25) is 0 Å². The number of hydrogen-bond donors (Lipinski definition) is 2. The number of halogens is 2. The molecule has 0 saturated carbocycles. The Balaban J connectivity index is 1.87. The van der Waals surface area contributed by atoms with Crippen LogP contribution in [0.1, 0.15) is 22.8 Å². The Labute approximate surface area is 168 Å². The van der Waals surface area contributed by atoms with Crippen LogP contribution >= 0.6 is 31.9 Å². The number of benzene rings is 2. The van der Waals surface area contributed by atoms with Crippen LogP contribution in [0.5, 0.6) is 11.5 Å². The number of hydrogen-bond acceptors (Lipinski definition) is 4. The fraction of sp³-hybridized carbons (Fsp3) is 0.222. The van der Waals surface area contributed by atoms with E-state index in [1.54, 1.807) is 24.3 Å². The molecule has 6 nitrogen and oxygen atoms in total. The maximum Gasteiger partial charge on any atom is 0.276 e. The van der Waals surface area contributed by atoms with Gasteiger partial charge in [0.15, 0.2) is 6.61 Å². The molecule has 0 spiro atoms. The first-order chi connectivity index (χ1) is 12.4. The third kappa shape index (κ3) is 5.74. The molecule has 2 rings (SSSR count). The highest BCUT2D eigenvalue weighted by Gasteiger charge is 2.11. The summed E-state index contributed by atoms with van der Waals surface area (Å²) in [6.45, 7) is 4.00. The number of aryl methyl sites for hydroxylation is 1. The molecule has 0 atom stereocenters. The highest BCUT2D eigenvalue weighted by molar-refractivity contribution is 9.11. The molecule has 0 aliphatic heterocycles. The molecular formula is C18H18Br2N2O4. The summed E-state index contributed by atoms with van der Waals surface area (Å²) in [5, 5.41) is 0. The topological polar surface area (TPSA) is 76.7 Å². The van der Waals surface area contributed by atoms with E-state index in [0.29, 0.717) is 23.7 Å². The third-order valence-corrected chi connectivity index (χ3v) is 4.31. The van der Waals surface area contributed by atoms with Gasteiger partial charge in [0.1, 0.15) is 11.5 Å². The molecule has 0 aliphatic carbocycles. The number of carbonyl (C=O) groups excluding carboxylic acids is 2. The Hall–Kier alpha value is -2.06. The van der Waals surface area contributed by atoms with E-state index in [1.165, 1.54) is 0 Å². The molecular weight excluding hydrogens is 468 g/mol. The van der Waals surface area contributed by atoms with Gasteiger partial charge in [0.05, 0.1) is 11.1 Å². The summed E-state index contributed by atoms with van der Waals surface area (Å²) < 4.78 is 12.5. The van der Waals surface area contributed by atoms with Crippen LogP contribution in [0.3, 0.4) is 0 Å². The van der Waals surface area contributed by atoms with Crippen molar-refractivity contribution in [3.63, 3.8) is 0 Å². The molecule has 2 amide bonds. The Bertz CT molecular complexity index is 789. The minimum atomic E-state index is -0.478. The Morgan fingerprint density at radius 3 is 2.54 bits per heavy atom. The van der Waals surface area contributed by atoms with Gasteiger partial charge in [0, 0.05) is 10.0 Å². The molecule has 138 valence electrons. The second-order valence-electron chi connectivity index (χ2n) is 5.29. The predicted molar refractivity (Wildman–Crippen MR) is 105 cm³/mol. The Kier molecular flexibility index (Phi) is 7.47. The summed E-state index contributed by atoms with van der Waals surface area (Å²) in [6.07, 6.45) is 0. The van der Waals surface area contributed by atoms with Crippen molar-refractivity contribution in [2.75, 3.05) is 13.2 Å². The monoisotopic (exact) mass is 484 g/mol. The van der Waals surface area contributed by atoms with Gasteiger partial charge < -0.3 is 9.47 Å². The van der Waals surface area contributed by atoms with E-state index in [2.05, 4.69) is 42.7 Å². The summed E-state index contributed by atoms with van der Waals surface area (Å²) in [5.41, 5.74) is 5.92. The van der Waals surface area contributed by atoms with E-state index >= 15 is 0 Å². The summed E-state index contributed by atoms with van der Waals surface area (Å²) in [6, 6.07) is 10.4. The number of carbonyl (C=O) groups is 2. The van der Waals surface area contributed by atoms with Crippen molar-refractivity contribution in [1.29, 1.82) is 0 Å². The second kappa shape index (κ2) is 9.59. The Morgan fingerprint density at radius 2 is 1.85 bits per heavy atom. The molecule has 0 radical (unpaired) electrons. The molecule has 0 unspecified atom stereocenters. The lowest BCUT2D eigenvalue weighted by Gasteiger charge is -2.12. The highest BCUT2D eigenvalue weighted by Crippen LogP contribution is 2.32.